The van der Waals surface area contributed by atoms with Crippen LogP contribution in [-0.4, -0.2) is 19.5 Å². The summed E-state index contributed by atoms with van der Waals surface area (Å²) in [6.07, 6.45) is 2.52. The Morgan fingerprint density at radius 1 is 1.42 bits per heavy atom. The molecule has 0 unspecified atom stereocenters. The highest BCUT2D eigenvalue weighted by atomic mass is 16.1. The van der Waals surface area contributed by atoms with Crippen LogP contribution in [0.1, 0.15) is 37.0 Å². The largest absolute Gasteiger partial charge is 0.399 e. The first-order valence-electron chi connectivity index (χ1n) is 6.84. The van der Waals surface area contributed by atoms with Crippen molar-refractivity contribution in [2.45, 2.75) is 26.7 Å². The van der Waals surface area contributed by atoms with Crippen molar-refractivity contribution in [1.82, 2.24) is 5.32 Å². The number of rotatable bonds is 5. The number of nitrogens with one attached hydrogen (secondary N) is 2. The Hall–Kier alpha value is -1.71. The van der Waals surface area contributed by atoms with Gasteiger partial charge in [0, 0.05) is 25.0 Å². The maximum Gasteiger partial charge on any atom is 0.253 e. The van der Waals surface area contributed by atoms with Crippen LogP contribution in [0.4, 0.5) is 11.4 Å². The van der Waals surface area contributed by atoms with E-state index in [0.29, 0.717) is 22.6 Å². The first-order chi connectivity index (χ1) is 8.98. The van der Waals surface area contributed by atoms with E-state index in [1.807, 2.05) is 6.07 Å². The Bertz CT molecular complexity index is 478. The summed E-state index contributed by atoms with van der Waals surface area (Å²) in [5, 5.41) is 6.07. The zero-order chi connectivity index (χ0) is 14.0. The first-order valence-corrected chi connectivity index (χ1v) is 6.84. The number of carbonyl (C=O) groups is 1. The topological polar surface area (TPSA) is 67.2 Å². The van der Waals surface area contributed by atoms with E-state index in [0.717, 1.165) is 12.2 Å². The van der Waals surface area contributed by atoms with E-state index in [1.54, 1.807) is 19.2 Å². The number of carbonyl (C=O) groups excluding carboxylic acids is 1. The molecular formula is C15H23N3O. The maximum atomic E-state index is 11.8. The number of hydrogen-bond donors (Lipinski definition) is 3. The average Bonchev–Trinajstić information content (AvgIpc) is 3.17. The third-order valence-corrected chi connectivity index (χ3v) is 4.26. The van der Waals surface area contributed by atoms with Crippen LogP contribution in [0.25, 0.3) is 0 Å². The van der Waals surface area contributed by atoms with Gasteiger partial charge in [-0.15, -0.1) is 0 Å². The highest BCUT2D eigenvalue weighted by Gasteiger charge is 2.45. The molecule has 1 saturated carbocycles. The summed E-state index contributed by atoms with van der Waals surface area (Å²) in [6.45, 7) is 5.42. The van der Waals surface area contributed by atoms with Crippen molar-refractivity contribution in [2.75, 3.05) is 24.6 Å². The van der Waals surface area contributed by atoms with E-state index in [9.17, 15) is 4.79 Å². The fourth-order valence-electron chi connectivity index (χ4n) is 2.43. The van der Waals surface area contributed by atoms with Crippen molar-refractivity contribution in [2.24, 2.45) is 11.3 Å². The lowest BCUT2D eigenvalue weighted by Crippen LogP contribution is -2.24. The maximum absolute atomic E-state index is 11.8. The van der Waals surface area contributed by atoms with Crippen molar-refractivity contribution >= 4 is 17.3 Å². The molecule has 104 valence electrons. The van der Waals surface area contributed by atoms with Gasteiger partial charge in [-0.05, 0) is 42.4 Å². The van der Waals surface area contributed by atoms with Gasteiger partial charge < -0.3 is 16.4 Å². The summed E-state index contributed by atoms with van der Waals surface area (Å²) in [5.41, 5.74) is 8.35. The molecule has 1 aliphatic carbocycles. The Morgan fingerprint density at radius 2 is 2.11 bits per heavy atom. The summed E-state index contributed by atoms with van der Waals surface area (Å²) in [5.74, 6) is 0.571. The quantitative estimate of drug-likeness (QED) is 0.713. The van der Waals surface area contributed by atoms with Crippen molar-refractivity contribution in [1.29, 1.82) is 0 Å². The predicted molar refractivity (Wildman–Crippen MR) is 79.2 cm³/mol. The van der Waals surface area contributed by atoms with Gasteiger partial charge in [-0.2, -0.15) is 0 Å². The zero-order valence-corrected chi connectivity index (χ0v) is 11.9. The van der Waals surface area contributed by atoms with Crippen molar-refractivity contribution < 1.29 is 4.79 Å². The van der Waals surface area contributed by atoms with Gasteiger partial charge in [0.15, 0.2) is 0 Å². The second-order valence-electron chi connectivity index (χ2n) is 5.75. The van der Waals surface area contributed by atoms with Gasteiger partial charge in [-0.1, -0.05) is 13.8 Å². The summed E-state index contributed by atoms with van der Waals surface area (Å²) in [6, 6.07) is 5.36. The van der Waals surface area contributed by atoms with Gasteiger partial charge in [0.25, 0.3) is 5.91 Å². The minimum Gasteiger partial charge on any atom is -0.399 e. The monoisotopic (exact) mass is 261 g/mol. The van der Waals surface area contributed by atoms with Crippen molar-refractivity contribution in [3.63, 3.8) is 0 Å². The zero-order valence-electron chi connectivity index (χ0n) is 11.9. The first kappa shape index (κ1) is 13.7. The summed E-state index contributed by atoms with van der Waals surface area (Å²) in [7, 11) is 1.64. The minimum atomic E-state index is -0.0862. The second kappa shape index (κ2) is 5.11. The van der Waals surface area contributed by atoms with E-state index < -0.39 is 0 Å². The number of amides is 1. The molecule has 1 aromatic carbocycles. The van der Waals surface area contributed by atoms with Gasteiger partial charge in [0.1, 0.15) is 0 Å². The van der Waals surface area contributed by atoms with E-state index in [4.69, 9.17) is 5.73 Å². The van der Waals surface area contributed by atoms with Gasteiger partial charge in [-0.3, -0.25) is 4.79 Å². The molecule has 0 spiro atoms. The molecule has 1 aliphatic rings. The molecule has 1 aromatic rings. The number of benzene rings is 1. The van der Waals surface area contributed by atoms with Crippen LogP contribution >= 0.6 is 0 Å². The number of hydrogen-bond acceptors (Lipinski definition) is 3. The van der Waals surface area contributed by atoms with Crippen LogP contribution in [0.5, 0.6) is 0 Å². The lowest BCUT2D eigenvalue weighted by molar-refractivity contribution is 0.0964. The molecule has 4 N–H and O–H groups in total. The molecule has 0 heterocycles. The lowest BCUT2D eigenvalue weighted by atomic mass is 9.92. The molecular weight excluding hydrogens is 238 g/mol. The van der Waals surface area contributed by atoms with Crippen LogP contribution in [-0.2, 0) is 0 Å². The van der Waals surface area contributed by atoms with Crippen LogP contribution in [0, 0.1) is 11.3 Å². The third-order valence-electron chi connectivity index (χ3n) is 4.26. The van der Waals surface area contributed by atoms with Gasteiger partial charge in [0.2, 0.25) is 0 Å². The molecule has 0 aliphatic heterocycles. The van der Waals surface area contributed by atoms with E-state index >= 15 is 0 Å². The summed E-state index contributed by atoms with van der Waals surface area (Å²) >= 11 is 0. The number of nitrogens with two attached hydrogens (primary N) is 1. The summed E-state index contributed by atoms with van der Waals surface area (Å²) in [4.78, 5) is 11.8. The van der Waals surface area contributed by atoms with E-state index in [2.05, 4.69) is 24.5 Å². The predicted octanol–water partition coefficient (Wildman–Crippen LogP) is 2.48. The van der Waals surface area contributed by atoms with Crippen LogP contribution in [0.2, 0.25) is 0 Å². The molecule has 19 heavy (non-hydrogen) atoms. The molecule has 4 nitrogen and oxygen atoms in total. The Kier molecular flexibility index (Phi) is 3.69. The van der Waals surface area contributed by atoms with Gasteiger partial charge >= 0.3 is 0 Å². The van der Waals surface area contributed by atoms with Crippen LogP contribution in [0.3, 0.4) is 0 Å². The minimum absolute atomic E-state index is 0.0862. The Balaban J connectivity index is 2.15. The molecule has 0 saturated heterocycles. The fraction of sp³-hybridized carbons (Fsp3) is 0.533. The smallest absolute Gasteiger partial charge is 0.253 e. The molecule has 0 aromatic heterocycles. The molecule has 1 fully saturated rings. The Labute approximate surface area is 114 Å². The third kappa shape index (κ3) is 2.83. The molecule has 2 rings (SSSR count). The normalized spacial score (nSPS) is 16.2. The number of anilines is 2. The SMILES string of the molecule is CNC(=O)c1ccc(N)cc1NCC1(C(C)C)CC1. The highest BCUT2D eigenvalue weighted by Crippen LogP contribution is 2.51. The Morgan fingerprint density at radius 3 is 2.63 bits per heavy atom. The van der Waals surface area contributed by atoms with Crippen LogP contribution < -0.4 is 16.4 Å². The molecule has 0 atom stereocenters. The highest BCUT2D eigenvalue weighted by molar-refractivity contribution is 6.00. The van der Waals surface area contributed by atoms with Crippen molar-refractivity contribution in [3.05, 3.63) is 23.8 Å². The van der Waals surface area contributed by atoms with E-state index in [1.165, 1.54) is 12.8 Å². The lowest BCUT2D eigenvalue weighted by Gasteiger charge is -2.22. The second-order valence-corrected chi connectivity index (χ2v) is 5.75. The number of nitrogen functional groups attached to an aromatic ring is 1. The molecule has 0 bridgehead atoms. The fourth-order valence-corrected chi connectivity index (χ4v) is 2.43. The van der Waals surface area contributed by atoms with Gasteiger partial charge in [0.05, 0.1) is 5.56 Å². The summed E-state index contributed by atoms with van der Waals surface area (Å²) < 4.78 is 0. The van der Waals surface area contributed by atoms with E-state index in [-0.39, 0.29) is 5.91 Å². The average molecular weight is 261 g/mol. The molecule has 0 radical (unpaired) electrons. The van der Waals surface area contributed by atoms with Crippen molar-refractivity contribution in [3.8, 4) is 0 Å². The van der Waals surface area contributed by atoms with Crippen LogP contribution in [0.15, 0.2) is 18.2 Å². The molecule has 4 heteroatoms. The van der Waals surface area contributed by atoms with Gasteiger partial charge in [-0.25, -0.2) is 0 Å². The molecule has 1 amide bonds. The standard InChI is InChI=1S/C15H23N3O/c1-10(2)15(6-7-15)9-18-13-8-11(16)4-5-12(13)14(19)17-3/h4-5,8,10,18H,6-7,9,16H2,1-3H3,(H,17,19).